The van der Waals surface area contributed by atoms with Crippen molar-refractivity contribution in [1.29, 1.82) is 0 Å². The molecule has 0 aliphatic heterocycles. The summed E-state index contributed by atoms with van der Waals surface area (Å²) in [7, 11) is 1.43. The molecule has 1 heterocycles. The van der Waals surface area contributed by atoms with Gasteiger partial charge < -0.3 is 15.2 Å². The summed E-state index contributed by atoms with van der Waals surface area (Å²) in [5, 5.41) is 11.9. The molecule has 1 aromatic heterocycles. The molecule has 0 radical (unpaired) electrons. The Balaban J connectivity index is 1.98. The third-order valence-electron chi connectivity index (χ3n) is 4.77. The fourth-order valence-corrected chi connectivity index (χ4v) is 3.46. The number of nitrogens with zero attached hydrogens (tertiary/aromatic N) is 1. The summed E-state index contributed by atoms with van der Waals surface area (Å²) in [6.45, 7) is 1.84. The minimum absolute atomic E-state index is 0.0140. The molecular formula is C23H20ClFN2O4. The van der Waals surface area contributed by atoms with Crippen LogP contribution in [0, 0.1) is 12.7 Å². The van der Waals surface area contributed by atoms with E-state index in [9.17, 15) is 19.1 Å². The maximum Gasteiger partial charge on any atom is 0.305 e. The van der Waals surface area contributed by atoms with Crippen LogP contribution in [0.3, 0.4) is 0 Å². The number of methoxy groups -OCH3 is 1. The van der Waals surface area contributed by atoms with Gasteiger partial charge in [0.25, 0.3) is 5.91 Å². The Hall–Kier alpha value is -3.45. The number of hydrogen-bond acceptors (Lipinski definition) is 4. The Labute approximate surface area is 183 Å². The van der Waals surface area contributed by atoms with Crippen molar-refractivity contribution < 1.29 is 23.8 Å². The summed E-state index contributed by atoms with van der Waals surface area (Å²) in [5.41, 5.74) is 2.03. The highest BCUT2D eigenvalue weighted by molar-refractivity contribution is 6.33. The number of benzene rings is 2. The third kappa shape index (κ3) is 5.00. The lowest BCUT2D eigenvalue weighted by molar-refractivity contribution is -0.137. The van der Waals surface area contributed by atoms with Crippen molar-refractivity contribution in [3.8, 4) is 17.0 Å². The van der Waals surface area contributed by atoms with Crippen LogP contribution in [0.1, 0.15) is 34.1 Å². The van der Waals surface area contributed by atoms with Gasteiger partial charge in [0.1, 0.15) is 23.0 Å². The second-order valence-electron chi connectivity index (χ2n) is 6.83. The summed E-state index contributed by atoms with van der Waals surface area (Å²) in [6, 6.07) is 13.7. The monoisotopic (exact) mass is 442 g/mol. The van der Waals surface area contributed by atoms with E-state index in [4.69, 9.17) is 16.3 Å². The van der Waals surface area contributed by atoms with Gasteiger partial charge >= 0.3 is 5.97 Å². The Morgan fingerprint density at radius 3 is 2.58 bits per heavy atom. The van der Waals surface area contributed by atoms with Gasteiger partial charge in [-0.3, -0.25) is 9.59 Å². The number of aromatic nitrogens is 1. The van der Waals surface area contributed by atoms with E-state index >= 15 is 0 Å². The first-order chi connectivity index (χ1) is 14.8. The molecule has 0 aliphatic rings. The van der Waals surface area contributed by atoms with Crippen LogP contribution in [0.15, 0.2) is 54.6 Å². The molecule has 0 saturated carbocycles. The lowest BCUT2D eigenvalue weighted by Gasteiger charge is -2.19. The molecule has 1 amide bonds. The molecule has 2 N–H and O–H groups in total. The molecule has 0 aliphatic carbocycles. The van der Waals surface area contributed by atoms with E-state index in [1.54, 1.807) is 18.2 Å². The van der Waals surface area contributed by atoms with E-state index in [2.05, 4.69) is 10.3 Å². The van der Waals surface area contributed by atoms with Crippen LogP contribution in [-0.4, -0.2) is 29.1 Å². The second kappa shape index (κ2) is 9.57. The van der Waals surface area contributed by atoms with Crippen LogP contribution in [0.25, 0.3) is 11.3 Å². The van der Waals surface area contributed by atoms with Crippen LogP contribution in [0.4, 0.5) is 4.39 Å². The van der Waals surface area contributed by atoms with E-state index in [1.807, 2.05) is 19.1 Å². The smallest absolute Gasteiger partial charge is 0.305 e. The molecule has 160 valence electrons. The van der Waals surface area contributed by atoms with E-state index in [0.717, 1.165) is 5.56 Å². The topological polar surface area (TPSA) is 88.5 Å². The maximum absolute atomic E-state index is 13.9. The number of nitrogens with one attached hydrogen (secondary N) is 1. The summed E-state index contributed by atoms with van der Waals surface area (Å²) >= 11 is 6.09. The molecule has 31 heavy (non-hydrogen) atoms. The molecule has 0 fully saturated rings. The van der Waals surface area contributed by atoms with Crippen LogP contribution in [-0.2, 0) is 4.79 Å². The van der Waals surface area contributed by atoms with E-state index in [0.29, 0.717) is 11.3 Å². The number of carbonyl (C=O) groups is 2. The number of hydrogen-bond donors (Lipinski definition) is 2. The van der Waals surface area contributed by atoms with Gasteiger partial charge in [-0.05, 0) is 36.2 Å². The zero-order valence-electron chi connectivity index (χ0n) is 16.9. The number of halogens is 2. The standard InChI is InChI=1S/C23H20ClFN2O4/c1-13-6-3-4-7-14(13)18(12-20(28)29)27-23(30)17-10-11-19(31-2)22(26-17)15-8-5-9-16(25)21(15)24/h3-11,18H,12H2,1-2H3,(H,27,30)(H,28,29). The maximum atomic E-state index is 13.9. The van der Waals surface area contributed by atoms with Gasteiger partial charge in [0, 0.05) is 5.56 Å². The van der Waals surface area contributed by atoms with Gasteiger partial charge in [-0.2, -0.15) is 0 Å². The van der Waals surface area contributed by atoms with Gasteiger partial charge in [0.05, 0.1) is 24.6 Å². The zero-order valence-corrected chi connectivity index (χ0v) is 17.6. The molecule has 8 heteroatoms. The zero-order chi connectivity index (χ0) is 22.5. The predicted molar refractivity (Wildman–Crippen MR) is 115 cm³/mol. The highest BCUT2D eigenvalue weighted by Crippen LogP contribution is 2.34. The Bertz CT molecular complexity index is 1140. The molecule has 3 rings (SSSR count). The van der Waals surface area contributed by atoms with Crippen molar-refractivity contribution in [3.05, 3.63) is 82.3 Å². The predicted octanol–water partition coefficient (Wildman–Crippen LogP) is 4.80. The average molecular weight is 443 g/mol. The average Bonchev–Trinajstić information content (AvgIpc) is 2.74. The number of ether oxygens (including phenoxy) is 1. The number of rotatable bonds is 7. The van der Waals surface area contributed by atoms with Crippen molar-refractivity contribution in [1.82, 2.24) is 10.3 Å². The first-order valence-electron chi connectivity index (χ1n) is 9.39. The number of pyridine rings is 1. The SMILES string of the molecule is COc1ccc(C(=O)NC(CC(=O)O)c2ccccc2C)nc1-c1cccc(F)c1Cl. The van der Waals surface area contributed by atoms with Gasteiger partial charge in [0.2, 0.25) is 0 Å². The minimum Gasteiger partial charge on any atom is -0.494 e. The van der Waals surface area contributed by atoms with E-state index < -0.39 is 23.7 Å². The van der Waals surface area contributed by atoms with Gasteiger partial charge in [0.15, 0.2) is 0 Å². The summed E-state index contributed by atoms with van der Waals surface area (Å²) < 4.78 is 19.2. The van der Waals surface area contributed by atoms with Crippen LogP contribution in [0.5, 0.6) is 5.75 Å². The Kier molecular flexibility index (Phi) is 6.87. The summed E-state index contributed by atoms with van der Waals surface area (Å²) in [4.78, 5) is 28.6. The summed E-state index contributed by atoms with van der Waals surface area (Å²) in [6.07, 6.45) is -0.296. The first-order valence-corrected chi connectivity index (χ1v) is 9.77. The van der Waals surface area contributed by atoms with Gasteiger partial charge in [-0.1, -0.05) is 48.0 Å². The van der Waals surface area contributed by atoms with Gasteiger partial charge in [-0.25, -0.2) is 9.37 Å². The van der Waals surface area contributed by atoms with Crippen molar-refractivity contribution in [2.45, 2.75) is 19.4 Å². The number of carboxylic acids is 1. The number of aliphatic carboxylic acids is 1. The van der Waals surface area contributed by atoms with Crippen LogP contribution >= 0.6 is 11.6 Å². The number of carboxylic acid groups (broad SMARTS) is 1. The van der Waals surface area contributed by atoms with Crippen molar-refractivity contribution in [3.63, 3.8) is 0 Å². The molecule has 1 atom stereocenters. The largest absolute Gasteiger partial charge is 0.494 e. The molecule has 0 spiro atoms. The van der Waals surface area contributed by atoms with Crippen LogP contribution in [0.2, 0.25) is 5.02 Å². The lowest BCUT2D eigenvalue weighted by atomic mass is 9.98. The molecule has 1 unspecified atom stereocenters. The third-order valence-corrected chi connectivity index (χ3v) is 5.15. The van der Waals surface area contributed by atoms with Crippen molar-refractivity contribution in [2.75, 3.05) is 7.11 Å². The molecule has 6 nitrogen and oxygen atoms in total. The molecule has 0 bridgehead atoms. The molecule has 0 saturated heterocycles. The quantitative estimate of drug-likeness (QED) is 0.548. The number of amides is 1. The number of carbonyl (C=O) groups excluding carboxylic acids is 1. The van der Waals surface area contributed by atoms with E-state index in [-0.39, 0.29) is 28.4 Å². The highest BCUT2D eigenvalue weighted by atomic mass is 35.5. The van der Waals surface area contributed by atoms with Crippen molar-refractivity contribution in [2.24, 2.45) is 0 Å². The molecular weight excluding hydrogens is 423 g/mol. The molecule has 3 aromatic rings. The second-order valence-corrected chi connectivity index (χ2v) is 7.21. The Morgan fingerprint density at radius 2 is 1.90 bits per heavy atom. The van der Waals surface area contributed by atoms with E-state index in [1.165, 1.54) is 31.4 Å². The normalized spacial score (nSPS) is 11.6. The minimum atomic E-state index is -1.05. The van der Waals surface area contributed by atoms with Crippen LogP contribution < -0.4 is 10.1 Å². The fourth-order valence-electron chi connectivity index (χ4n) is 3.24. The number of aryl methyl sites for hydroxylation is 1. The highest BCUT2D eigenvalue weighted by Gasteiger charge is 2.22. The van der Waals surface area contributed by atoms with Gasteiger partial charge in [-0.15, -0.1) is 0 Å². The molecule has 2 aromatic carbocycles. The summed E-state index contributed by atoms with van der Waals surface area (Å²) in [5.74, 6) is -1.95. The Morgan fingerprint density at radius 1 is 1.16 bits per heavy atom. The first kappa shape index (κ1) is 22.2. The fraction of sp³-hybridized carbons (Fsp3) is 0.174. The lowest BCUT2D eigenvalue weighted by Crippen LogP contribution is -2.31. The van der Waals surface area contributed by atoms with Crippen molar-refractivity contribution >= 4 is 23.5 Å².